The number of piperidine rings is 1. The van der Waals surface area contributed by atoms with E-state index in [2.05, 4.69) is 11.4 Å². The Bertz CT molecular complexity index is 922. The predicted molar refractivity (Wildman–Crippen MR) is 117 cm³/mol. The highest BCUT2D eigenvalue weighted by Gasteiger charge is 2.27. The third kappa shape index (κ3) is 4.49. The van der Waals surface area contributed by atoms with Gasteiger partial charge in [0.15, 0.2) is 0 Å². The van der Waals surface area contributed by atoms with E-state index in [1.807, 2.05) is 41.3 Å². The van der Waals surface area contributed by atoms with Gasteiger partial charge in [0.25, 0.3) is 0 Å². The third-order valence-electron chi connectivity index (χ3n) is 6.16. The molecular weight excluding hydrogens is 378 g/mol. The topological polar surface area (TPSA) is 63.1 Å². The fourth-order valence-electron chi connectivity index (χ4n) is 4.54. The molecule has 0 spiro atoms. The zero-order chi connectivity index (χ0) is 20.9. The molecule has 1 saturated heterocycles. The number of carbonyl (C=O) groups is 2. The van der Waals surface area contributed by atoms with Crippen molar-refractivity contribution in [1.29, 1.82) is 0 Å². The Balaban J connectivity index is 1.65. The summed E-state index contributed by atoms with van der Waals surface area (Å²) in [5.41, 5.74) is 4.71. The van der Waals surface area contributed by atoms with E-state index in [0.29, 0.717) is 12.1 Å². The van der Waals surface area contributed by atoms with Gasteiger partial charge in [-0.25, -0.2) is 4.79 Å². The fraction of sp³-hybridized carbons (Fsp3) is 0.417. The number of ether oxygens (including phenoxy) is 1. The summed E-state index contributed by atoms with van der Waals surface area (Å²) in [4.78, 5) is 28.6. The van der Waals surface area contributed by atoms with E-state index in [1.165, 1.54) is 36.8 Å². The predicted octanol–water partition coefficient (Wildman–Crippen LogP) is 3.09. The van der Waals surface area contributed by atoms with Crippen LogP contribution in [0.5, 0.6) is 0 Å². The maximum Gasteiger partial charge on any atom is 0.411 e. The summed E-state index contributed by atoms with van der Waals surface area (Å²) in [5, 5.41) is 2.73. The number of anilines is 3. The molecule has 0 atom stereocenters. The Morgan fingerprint density at radius 1 is 1.00 bits per heavy atom. The van der Waals surface area contributed by atoms with Crippen LogP contribution in [-0.2, 0) is 22.4 Å². The number of benzene rings is 2. The highest BCUT2D eigenvalue weighted by atomic mass is 16.5. The van der Waals surface area contributed by atoms with E-state index in [9.17, 15) is 9.59 Å². The summed E-state index contributed by atoms with van der Waals surface area (Å²) in [6.45, 7) is 3.19. The summed E-state index contributed by atoms with van der Waals surface area (Å²) in [6, 6.07) is 13.9. The number of carbonyl (C=O) groups excluding carboxylic acids is 2. The highest BCUT2D eigenvalue weighted by molar-refractivity contribution is 6.03. The zero-order valence-corrected chi connectivity index (χ0v) is 17.6. The molecule has 6 nitrogen and oxygen atoms in total. The lowest BCUT2D eigenvalue weighted by Crippen LogP contribution is -3.12. The Morgan fingerprint density at radius 2 is 1.73 bits per heavy atom. The molecular formula is C24H30N3O3+. The molecule has 158 valence electrons. The van der Waals surface area contributed by atoms with Crippen LogP contribution in [0.2, 0.25) is 0 Å². The van der Waals surface area contributed by atoms with Crippen LogP contribution in [0.4, 0.5) is 21.9 Å². The molecule has 2 aliphatic rings. The van der Waals surface area contributed by atoms with Crippen LogP contribution in [0.1, 0.15) is 36.8 Å². The fourth-order valence-corrected chi connectivity index (χ4v) is 4.54. The maximum atomic E-state index is 13.5. The van der Waals surface area contributed by atoms with E-state index in [4.69, 9.17) is 4.74 Å². The number of amides is 2. The van der Waals surface area contributed by atoms with Gasteiger partial charge in [0.05, 0.1) is 44.5 Å². The SMILES string of the molecule is COC(=O)Nc1ccc2c(c1)N(C(=O)CC[NH+]1CCCCC1)c1ccccc1CC2. The van der Waals surface area contributed by atoms with Crippen LogP contribution in [-0.4, -0.2) is 38.7 Å². The lowest BCUT2D eigenvalue weighted by atomic mass is 10.0. The molecule has 0 saturated carbocycles. The zero-order valence-electron chi connectivity index (χ0n) is 17.6. The van der Waals surface area contributed by atoms with Crippen molar-refractivity contribution in [3.05, 3.63) is 53.6 Å². The van der Waals surface area contributed by atoms with Crippen LogP contribution in [0.15, 0.2) is 42.5 Å². The summed E-state index contributed by atoms with van der Waals surface area (Å²) in [6.07, 6.45) is 5.54. The number of para-hydroxylation sites is 1. The molecule has 2 heterocycles. The summed E-state index contributed by atoms with van der Waals surface area (Å²) >= 11 is 0. The second-order valence-corrected chi connectivity index (χ2v) is 8.13. The number of nitrogens with zero attached hydrogens (tertiary/aromatic N) is 1. The standard InChI is InChI=1S/C24H29N3O3/c1-30-24(29)25-20-12-11-19-10-9-18-7-3-4-8-21(18)27(22(19)17-20)23(28)13-16-26-14-5-2-6-15-26/h3-4,7-8,11-12,17H,2,5-6,9-10,13-16H2,1H3,(H,25,29)/p+1. The largest absolute Gasteiger partial charge is 0.453 e. The first-order chi connectivity index (χ1) is 14.7. The number of nitrogens with one attached hydrogen (secondary N) is 2. The van der Waals surface area contributed by atoms with E-state index in [1.54, 1.807) is 0 Å². The molecule has 2 amide bonds. The Morgan fingerprint density at radius 3 is 2.50 bits per heavy atom. The minimum atomic E-state index is -0.518. The van der Waals surface area contributed by atoms with Crippen molar-refractivity contribution >= 4 is 29.1 Å². The second kappa shape index (κ2) is 9.30. The first-order valence-electron chi connectivity index (χ1n) is 10.9. The van der Waals surface area contributed by atoms with Gasteiger partial charge in [-0.2, -0.15) is 0 Å². The summed E-state index contributed by atoms with van der Waals surface area (Å²) < 4.78 is 4.73. The monoisotopic (exact) mass is 408 g/mol. The first-order valence-corrected chi connectivity index (χ1v) is 10.9. The van der Waals surface area contributed by atoms with Crippen LogP contribution < -0.4 is 15.1 Å². The Hall–Kier alpha value is -2.86. The van der Waals surface area contributed by atoms with Crippen molar-refractivity contribution in [3.63, 3.8) is 0 Å². The van der Waals surface area contributed by atoms with Crippen molar-refractivity contribution in [2.45, 2.75) is 38.5 Å². The van der Waals surface area contributed by atoms with E-state index in [0.717, 1.165) is 49.4 Å². The summed E-state index contributed by atoms with van der Waals surface area (Å²) in [5.74, 6) is 0.110. The molecule has 2 aromatic carbocycles. The van der Waals surface area contributed by atoms with E-state index >= 15 is 0 Å². The van der Waals surface area contributed by atoms with Crippen LogP contribution in [0, 0.1) is 0 Å². The molecule has 30 heavy (non-hydrogen) atoms. The summed E-state index contributed by atoms with van der Waals surface area (Å²) in [7, 11) is 1.34. The molecule has 2 N–H and O–H groups in total. The van der Waals surface area contributed by atoms with E-state index < -0.39 is 6.09 Å². The van der Waals surface area contributed by atoms with Crippen molar-refractivity contribution in [1.82, 2.24) is 0 Å². The van der Waals surface area contributed by atoms with Gasteiger partial charge in [0, 0.05) is 5.69 Å². The second-order valence-electron chi connectivity index (χ2n) is 8.13. The number of aryl methyl sites for hydroxylation is 2. The maximum absolute atomic E-state index is 13.5. The molecule has 2 aromatic rings. The molecule has 0 aromatic heterocycles. The van der Waals surface area contributed by atoms with Crippen molar-refractivity contribution in [2.24, 2.45) is 0 Å². The van der Waals surface area contributed by atoms with Crippen LogP contribution >= 0.6 is 0 Å². The quantitative estimate of drug-likeness (QED) is 0.817. The number of rotatable bonds is 4. The molecule has 2 aliphatic heterocycles. The van der Waals surface area contributed by atoms with Crippen LogP contribution in [0.3, 0.4) is 0 Å². The average molecular weight is 409 g/mol. The lowest BCUT2D eigenvalue weighted by molar-refractivity contribution is -0.904. The van der Waals surface area contributed by atoms with Crippen molar-refractivity contribution < 1.29 is 19.2 Å². The van der Waals surface area contributed by atoms with Gasteiger partial charge in [0.2, 0.25) is 5.91 Å². The molecule has 0 radical (unpaired) electrons. The number of hydrogen-bond donors (Lipinski definition) is 2. The molecule has 6 heteroatoms. The van der Waals surface area contributed by atoms with Gasteiger partial charge in [0.1, 0.15) is 0 Å². The Kier molecular flexibility index (Phi) is 6.33. The molecule has 4 rings (SSSR count). The van der Waals surface area contributed by atoms with Crippen molar-refractivity contribution in [3.8, 4) is 0 Å². The number of likely N-dealkylation sites (tertiary alicyclic amines) is 1. The average Bonchev–Trinajstić information content (AvgIpc) is 2.94. The van der Waals surface area contributed by atoms with Gasteiger partial charge in [-0.15, -0.1) is 0 Å². The number of hydrogen-bond acceptors (Lipinski definition) is 3. The minimum absolute atomic E-state index is 0.110. The number of quaternary nitrogens is 1. The first kappa shape index (κ1) is 20.4. The lowest BCUT2D eigenvalue weighted by Gasteiger charge is -2.27. The van der Waals surface area contributed by atoms with Gasteiger partial charge >= 0.3 is 6.09 Å². The smallest absolute Gasteiger partial charge is 0.411 e. The highest BCUT2D eigenvalue weighted by Crippen LogP contribution is 2.38. The normalized spacial score (nSPS) is 16.2. The van der Waals surface area contributed by atoms with Crippen molar-refractivity contribution in [2.75, 3.05) is 37.0 Å². The van der Waals surface area contributed by atoms with Gasteiger partial charge in [-0.1, -0.05) is 24.3 Å². The van der Waals surface area contributed by atoms with Gasteiger partial charge in [-0.3, -0.25) is 15.0 Å². The molecule has 0 bridgehead atoms. The Labute approximate surface area is 177 Å². The van der Waals surface area contributed by atoms with Gasteiger partial charge < -0.3 is 9.64 Å². The number of fused-ring (bicyclic) bond motifs is 2. The molecule has 0 unspecified atom stereocenters. The minimum Gasteiger partial charge on any atom is -0.453 e. The van der Waals surface area contributed by atoms with E-state index in [-0.39, 0.29) is 5.91 Å². The van der Waals surface area contributed by atoms with Crippen LogP contribution in [0.25, 0.3) is 0 Å². The number of methoxy groups -OCH3 is 1. The van der Waals surface area contributed by atoms with Gasteiger partial charge in [-0.05, 0) is 61.4 Å². The molecule has 0 aliphatic carbocycles. The third-order valence-corrected chi connectivity index (χ3v) is 6.16. The molecule has 1 fully saturated rings.